The van der Waals surface area contributed by atoms with Crippen LogP contribution in [0, 0.1) is 0 Å². The Morgan fingerprint density at radius 1 is 1.70 bits per heavy atom. The Hall–Kier alpha value is -1.03. The van der Waals surface area contributed by atoms with Gasteiger partial charge in [0.25, 0.3) is 0 Å². The van der Waals surface area contributed by atoms with Gasteiger partial charge < -0.3 is 5.73 Å². The van der Waals surface area contributed by atoms with Gasteiger partial charge in [0.15, 0.2) is 0 Å². The molecule has 1 rings (SSSR count). The molecule has 0 amide bonds. The molecule has 0 fully saturated rings. The minimum atomic E-state index is 0.150. The highest BCUT2D eigenvalue weighted by molar-refractivity contribution is 5.81. The second kappa shape index (κ2) is 2.30. The predicted octanol–water partition coefficient (Wildman–Crippen LogP) is -0.217. The van der Waals surface area contributed by atoms with Crippen LogP contribution in [0.25, 0.3) is 0 Å². The standard InChI is InChI=1S/C6H12N4/c1-4-3-6(7)9-5(2)10(4)8/h3-4H,7-8H2,1-2H3. The summed E-state index contributed by atoms with van der Waals surface area (Å²) in [6, 6.07) is 0.150. The van der Waals surface area contributed by atoms with Gasteiger partial charge in [-0.1, -0.05) is 0 Å². The lowest BCUT2D eigenvalue weighted by atomic mass is 10.2. The van der Waals surface area contributed by atoms with E-state index in [0.29, 0.717) is 5.82 Å². The van der Waals surface area contributed by atoms with Crippen molar-refractivity contribution in [3.8, 4) is 0 Å². The Balaban J connectivity index is 2.85. The third-order valence-electron chi connectivity index (χ3n) is 1.52. The zero-order valence-corrected chi connectivity index (χ0v) is 6.20. The molecule has 0 aromatic carbocycles. The molecule has 1 heterocycles. The highest BCUT2D eigenvalue weighted by Gasteiger charge is 2.13. The molecule has 0 spiro atoms. The van der Waals surface area contributed by atoms with E-state index in [2.05, 4.69) is 4.99 Å². The van der Waals surface area contributed by atoms with Crippen LogP contribution in [0.5, 0.6) is 0 Å². The maximum absolute atomic E-state index is 5.59. The SMILES string of the molecule is CC1=NC(N)=CC(C)N1N. The number of hydrogen-bond donors (Lipinski definition) is 2. The molecule has 0 saturated heterocycles. The van der Waals surface area contributed by atoms with E-state index in [1.165, 1.54) is 0 Å². The van der Waals surface area contributed by atoms with Crippen molar-refractivity contribution in [3.63, 3.8) is 0 Å². The smallest absolute Gasteiger partial charge is 0.123 e. The summed E-state index contributed by atoms with van der Waals surface area (Å²) in [4.78, 5) is 3.97. The van der Waals surface area contributed by atoms with Crippen LogP contribution in [-0.4, -0.2) is 16.9 Å². The van der Waals surface area contributed by atoms with Crippen molar-refractivity contribution in [1.29, 1.82) is 0 Å². The van der Waals surface area contributed by atoms with E-state index in [1.54, 1.807) is 5.01 Å². The number of aliphatic imine (C=N–C) groups is 1. The lowest BCUT2D eigenvalue weighted by Gasteiger charge is -2.26. The first kappa shape index (κ1) is 7.08. The Bertz CT molecular complexity index is 194. The maximum Gasteiger partial charge on any atom is 0.123 e. The van der Waals surface area contributed by atoms with Crippen LogP contribution in [0.2, 0.25) is 0 Å². The molecule has 0 bridgehead atoms. The first-order valence-electron chi connectivity index (χ1n) is 3.18. The predicted molar refractivity (Wildman–Crippen MR) is 40.9 cm³/mol. The van der Waals surface area contributed by atoms with Crippen LogP contribution in [-0.2, 0) is 0 Å². The van der Waals surface area contributed by atoms with Gasteiger partial charge in [-0.3, -0.25) is 5.01 Å². The number of hydrazine groups is 1. The molecule has 56 valence electrons. The molecule has 1 atom stereocenters. The van der Waals surface area contributed by atoms with Gasteiger partial charge in [0.2, 0.25) is 0 Å². The van der Waals surface area contributed by atoms with E-state index < -0.39 is 0 Å². The molecule has 10 heavy (non-hydrogen) atoms. The van der Waals surface area contributed by atoms with Crippen LogP contribution in [0.4, 0.5) is 0 Å². The van der Waals surface area contributed by atoms with Gasteiger partial charge in [0.1, 0.15) is 11.7 Å². The van der Waals surface area contributed by atoms with Gasteiger partial charge in [-0.25, -0.2) is 10.8 Å². The summed E-state index contributed by atoms with van der Waals surface area (Å²) in [5, 5.41) is 1.58. The average molecular weight is 140 g/mol. The topological polar surface area (TPSA) is 67.6 Å². The van der Waals surface area contributed by atoms with Crippen LogP contribution in [0.3, 0.4) is 0 Å². The summed E-state index contributed by atoms with van der Waals surface area (Å²) in [5.74, 6) is 6.89. The molecule has 4 N–H and O–H groups in total. The third kappa shape index (κ3) is 1.11. The summed E-state index contributed by atoms with van der Waals surface area (Å²) in [6.45, 7) is 3.79. The van der Waals surface area contributed by atoms with Crippen molar-refractivity contribution in [2.24, 2.45) is 16.6 Å². The molecule has 1 unspecified atom stereocenters. The fraction of sp³-hybridized carbons (Fsp3) is 0.500. The monoisotopic (exact) mass is 140 g/mol. The number of hydrogen-bond acceptors (Lipinski definition) is 4. The van der Waals surface area contributed by atoms with E-state index in [0.717, 1.165) is 5.84 Å². The second-order valence-electron chi connectivity index (χ2n) is 2.40. The number of rotatable bonds is 0. The summed E-state index contributed by atoms with van der Waals surface area (Å²) in [5.41, 5.74) is 5.47. The van der Waals surface area contributed by atoms with Crippen LogP contribution >= 0.6 is 0 Å². The number of nitrogens with two attached hydrogens (primary N) is 2. The number of nitrogens with zero attached hydrogens (tertiary/aromatic N) is 2. The normalized spacial score (nSPS) is 25.9. The zero-order chi connectivity index (χ0) is 7.72. The average Bonchev–Trinajstić information content (AvgIpc) is 1.82. The molecule has 0 aliphatic carbocycles. The van der Waals surface area contributed by atoms with Crippen molar-refractivity contribution >= 4 is 5.84 Å². The van der Waals surface area contributed by atoms with Gasteiger partial charge in [-0.2, -0.15) is 0 Å². The van der Waals surface area contributed by atoms with E-state index in [-0.39, 0.29) is 6.04 Å². The van der Waals surface area contributed by atoms with Crippen molar-refractivity contribution in [2.45, 2.75) is 19.9 Å². The lowest BCUT2D eigenvalue weighted by Crippen LogP contribution is -2.44. The van der Waals surface area contributed by atoms with Crippen LogP contribution < -0.4 is 11.6 Å². The molecule has 4 nitrogen and oxygen atoms in total. The summed E-state index contributed by atoms with van der Waals surface area (Å²) < 4.78 is 0. The van der Waals surface area contributed by atoms with Crippen LogP contribution in [0.1, 0.15) is 13.8 Å². The molecular weight excluding hydrogens is 128 g/mol. The van der Waals surface area contributed by atoms with E-state index >= 15 is 0 Å². The first-order valence-corrected chi connectivity index (χ1v) is 3.18. The molecule has 4 heteroatoms. The third-order valence-corrected chi connectivity index (χ3v) is 1.52. The highest BCUT2D eigenvalue weighted by atomic mass is 15.4. The van der Waals surface area contributed by atoms with E-state index in [9.17, 15) is 0 Å². The van der Waals surface area contributed by atoms with Gasteiger partial charge in [-0.15, -0.1) is 0 Å². The molecular formula is C6H12N4. The molecule has 1 aliphatic rings. The maximum atomic E-state index is 5.59. The van der Waals surface area contributed by atoms with Crippen LogP contribution in [0.15, 0.2) is 16.9 Å². The molecule has 0 aromatic rings. The van der Waals surface area contributed by atoms with Gasteiger partial charge in [0, 0.05) is 0 Å². The molecule has 0 saturated carbocycles. The molecule has 1 aliphatic heterocycles. The quantitative estimate of drug-likeness (QED) is 0.457. The Morgan fingerprint density at radius 2 is 2.30 bits per heavy atom. The molecule has 0 aromatic heterocycles. The number of amidine groups is 1. The Morgan fingerprint density at radius 3 is 2.80 bits per heavy atom. The van der Waals surface area contributed by atoms with Crippen molar-refractivity contribution in [3.05, 3.63) is 11.9 Å². The van der Waals surface area contributed by atoms with E-state index in [4.69, 9.17) is 11.6 Å². The van der Waals surface area contributed by atoms with Crippen molar-refractivity contribution in [1.82, 2.24) is 5.01 Å². The minimum Gasteiger partial charge on any atom is -0.384 e. The largest absolute Gasteiger partial charge is 0.384 e. The zero-order valence-electron chi connectivity index (χ0n) is 6.20. The highest BCUT2D eigenvalue weighted by Crippen LogP contribution is 2.05. The summed E-state index contributed by atoms with van der Waals surface area (Å²) >= 11 is 0. The first-order chi connectivity index (χ1) is 4.61. The summed E-state index contributed by atoms with van der Waals surface area (Å²) in [6.07, 6.45) is 1.81. The fourth-order valence-electron chi connectivity index (χ4n) is 0.904. The van der Waals surface area contributed by atoms with E-state index in [1.807, 2.05) is 19.9 Å². The lowest BCUT2D eigenvalue weighted by molar-refractivity contribution is 0.382. The Kier molecular flexibility index (Phi) is 1.63. The summed E-state index contributed by atoms with van der Waals surface area (Å²) in [7, 11) is 0. The second-order valence-corrected chi connectivity index (χ2v) is 2.40. The van der Waals surface area contributed by atoms with Crippen molar-refractivity contribution in [2.75, 3.05) is 0 Å². The fourth-order valence-corrected chi connectivity index (χ4v) is 0.904. The Labute approximate surface area is 60.2 Å². The van der Waals surface area contributed by atoms with Gasteiger partial charge >= 0.3 is 0 Å². The van der Waals surface area contributed by atoms with Gasteiger partial charge in [0.05, 0.1) is 6.04 Å². The molecule has 0 radical (unpaired) electrons. The van der Waals surface area contributed by atoms with Crippen molar-refractivity contribution < 1.29 is 0 Å². The van der Waals surface area contributed by atoms with Gasteiger partial charge in [-0.05, 0) is 19.9 Å². The minimum absolute atomic E-state index is 0.150.